The Balaban J connectivity index is 2.83. The molecule has 0 aromatic heterocycles. The van der Waals surface area contributed by atoms with Crippen molar-refractivity contribution >= 4 is 6.08 Å². The molecule has 0 saturated carbocycles. The molecule has 0 amide bonds. The molecule has 0 unspecified atom stereocenters. The first-order valence-electron chi connectivity index (χ1n) is 7.12. The van der Waals surface area contributed by atoms with Gasteiger partial charge >= 0.3 is 0 Å². The van der Waals surface area contributed by atoms with Gasteiger partial charge in [-0.1, -0.05) is 36.0 Å². The molecule has 0 atom stereocenters. The van der Waals surface area contributed by atoms with Crippen molar-refractivity contribution in [3.63, 3.8) is 0 Å². The van der Waals surface area contributed by atoms with E-state index in [0.29, 0.717) is 5.75 Å². The Morgan fingerprint density at radius 1 is 1.20 bits per heavy atom. The molecule has 1 nitrogen and oxygen atoms in total. The number of hydrogen-bond acceptors (Lipinski definition) is 1. The molecule has 0 aliphatic heterocycles. The van der Waals surface area contributed by atoms with Crippen molar-refractivity contribution in [3.8, 4) is 5.75 Å². The highest BCUT2D eigenvalue weighted by molar-refractivity contribution is 5.63. The van der Waals surface area contributed by atoms with Crippen LogP contribution in [0, 0.1) is 20.8 Å². The predicted molar refractivity (Wildman–Crippen MR) is 89.2 cm³/mol. The van der Waals surface area contributed by atoms with Crippen LogP contribution < -0.4 is 0 Å². The van der Waals surface area contributed by atoms with E-state index in [1.165, 1.54) is 11.1 Å². The molecule has 1 heteroatoms. The number of aromatic hydroxyl groups is 1. The van der Waals surface area contributed by atoms with Crippen LogP contribution in [0.4, 0.5) is 0 Å². The van der Waals surface area contributed by atoms with Crippen molar-refractivity contribution in [3.05, 3.63) is 58.2 Å². The summed E-state index contributed by atoms with van der Waals surface area (Å²) in [7, 11) is 0. The number of phenolic OH excluding ortho intramolecular Hbond substituents is 1. The summed E-state index contributed by atoms with van der Waals surface area (Å²) in [4.78, 5) is 0. The van der Waals surface area contributed by atoms with E-state index in [0.717, 1.165) is 35.1 Å². The van der Waals surface area contributed by atoms with Gasteiger partial charge in [-0.05, 0) is 75.8 Å². The highest BCUT2D eigenvalue weighted by Crippen LogP contribution is 2.27. The van der Waals surface area contributed by atoms with Gasteiger partial charge in [0.25, 0.3) is 0 Å². The molecular formula is C19H26O. The fraction of sp³-hybridized carbons (Fsp3) is 0.368. The summed E-state index contributed by atoms with van der Waals surface area (Å²) < 4.78 is 0. The Hall–Kier alpha value is -1.76. The van der Waals surface area contributed by atoms with Gasteiger partial charge in [0.1, 0.15) is 5.75 Å². The highest BCUT2D eigenvalue weighted by atomic mass is 16.3. The van der Waals surface area contributed by atoms with E-state index >= 15 is 0 Å². The average Bonchev–Trinajstić information content (AvgIpc) is 2.35. The maximum Gasteiger partial charge on any atom is 0.119 e. The van der Waals surface area contributed by atoms with Gasteiger partial charge in [0.2, 0.25) is 0 Å². The lowest BCUT2D eigenvalue weighted by Gasteiger charge is -2.11. The molecule has 108 valence electrons. The van der Waals surface area contributed by atoms with Gasteiger partial charge in [0.15, 0.2) is 0 Å². The Morgan fingerprint density at radius 2 is 1.85 bits per heavy atom. The largest absolute Gasteiger partial charge is 0.508 e. The Morgan fingerprint density at radius 3 is 2.45 bits per heavy atom. The number of rotatable bonds is 5. The highest BCUT2D eigenvalue weighted by Gasteiger charge is 2.07. The standard InChI is InChI=1S/C19H26O/c1-13(2)8-7-9-14(3)10-11-18-15(4)12-19(20)17(6)16(18)5/h8,10-12,20H,3,7,9H2,1-2,4-6H3. The molecule has 0 saturated heterocycles. The van der Waals surface area contributed by atoms with Crippen molar-refractivity contribution < 1.29 is 5.11 Å². The molecule has 1 N–H and O–H groups in total. The Labute approximate surface area is 123 Å². The number of phenols is 1. The summed E-state index contributed by atoms with van der Waals surface area (Å²) >= 11 is 0. The monoisotopic (exact) mass is 270 g/mol. The first-order valence-corrected chi connectivity index (χ1v) is 7.12. The number of hydrogen-bond donors (Lipinski definition) is 1. The fourth-order valence-electron chi connectivity index (χ4n) is 2.17. The minimum atomic E-state index is 0.375. The van der Waals surface area contributed by atoms with Gasteiger partial charge in [-0.25, -0.2) is 0 Å². The number of aryl methyl sites for hydroxylation is 1. The summed E-state index contributed by atoms with van der Waals surface area (Å²) in [6.07, 6.45) is 8.46. The summed E-state index contributed by atoms with van der Waals surface area (Å²) in [6, 6.07) is 1.83. The SMILES string of the molecule is C=C(C=Cc1c(C)cc(O)c(C)c1C)CCC=C(C)C. The quantitative estimate of drug-likeness (QED) is 0.543. The van der Waals surface area contributed by atoms with Gasteiger partial charge < -0.3 is 5.11 Å². The summed E-state index contributed by atoms with van der Waals surface area (Å²) in [5, 5.41) is 9.80. The first kappa shape index (κ1) is 16.3. The van der Waals surface area contributed by atoms with Crippen LogP contribution in [0.1, 0.15) is 48.9 Å². The van der Waals surface area contributed by atoms with Gasteiger partial charge in [0, 0.05) is 0 Å². The average molecular weight is 270 g/mol. The molecule has 0 fully saturated rings. The third-order valence-corrected chi connectivity index (χ3v) is 3.63. The molecule has 1 aromatic carbocycles. The molecular weight excluding hydrogens is 244 g/mol. The van der Waals surface area contributed by atoms with Crippen LogP contribution in [0.25, 0.3) is 6.08 Å². The molecule has 1 aromatic rings. The van der Waals surface area contributed by atoms with Crippen LogP contribution in [0.2, 0.25) is 0 Å². The predicted octanol–water partition coefficient (Wildman–Crippen LogP) is 5.63. The minimum Gasteiger partial charge on any atom is -0.508 e. The molecule has 1 rings (SSSR count). The van der Waals surface area contributed by atoms with E-state index in [2.05, 4.69) is 38.7 Å². The van der Waals surface area contributed by atoms with Crippen molar-refractivity contribution in [1.29, 1.82) is 0 Å². The van der Waals surface area contributed by atoms with Crippen molar-refractivity contribution in [2.24, 2.45) is 0 Å². The lowest BCUT2D eigenvalue weighted by atomic mass is 9.96. The molecule has 20 heavy (non-hydrogen) atoms. The lowest BCUT2D eigenvalue weighted by molar-refractivity contribution is 0.470. The molecule has 0 aliphatic rings. The van der Waals surface area contributed by atoms with Gasteiger partial charge in [0.05, 0.1) is 0 Å². The molecule has 0 aliphatic carbocycles. The third kappa shape index (κ3) is 4.41. The third-order valence-electron chi connectivity index (χ3n) is 3.63. The molecule has 0 spiro atoms. The van der Waals surface area contributed by atoms with Crippen LogP contribution in [-0.4, -0.2) is 5.11 Å². The Bertz CT molecular complexity index is 556. The van der Waals surface area contributed by atoms with E-state index < -0.39 is 0 Å². The lowest BCUT2D eigenvalue weighted by Crippen LogP contribution is -1.91. The second kappa shape index (κ2) is 7.14. The van der Waals surface area contributed by atoms with E-state index in [-0.39, 0.29) is 0 Å². The Kier molecular flexibility index (Phi) is 5.82. The smallest absolute Gasteiger partial charge is 0.119 e. The van der Waals surface area contributed by atoms with Crippen LogP contribution in [0.3, 0.4) is 0 Å². The van der Waals surface area contributed by atoms with Crippen molar-refractivity contribution in [2.45, 2.75) is 47.5 Å². The van der Waals surface area contributed by atoms with Gasteiger partial charge in [-0.15, -0.1) is 0 Å². The topological polar surface area (TPSA) is 20.2 Å². The first-order chi connectivity index (χ1) is 9.32. The van der Waals surface area contributed by atoms with Crippen LogP contribution in [0.15, 0.2) is 35.9 Å². The van der Waals surface area contributed by atoms with Gasteiger partial charge in [-0.2, -0.15) is 0 Å². The van der Waals surface area contributed by atoms with E-state index in [4.69, 9.17) is 0 Å². The minimum absolute atomic E-state index is 0.375. The molecule has 0 heterocycles. The summed E-state index contributed by atoms with van der Waals surface area (Å²) in [5.74, 6) is 0.375. The number of benzene rings is 1. The maximum atomic E-state index is 9.80. The van der Waals surface area contributed by atoms with E-state index in [1.807, 2.05) is 26.8 Å². The fourth-order valence-corrected chi connectivity index (χ4v) is 2.17. The van der Waals surface area contributed by atoms with E-state index in [9.17, 15) is 5.11 Å². The van der Waals surface area contributed by atoms with Crippen LogP contribution >= 0.6 is 0 Å². The van der Waals surface area contributed by atoms with Crippen molar-refractivity contribution in [1.82, 2.24) is 0 Å². The normalized spacial score (nSPS) is 10.8. The van der Waals surface area contributed by atoms with Crippen LogP contribution in [0.5, 0.6) is 5.75 Å². The summed E-state index contributed by atoms with van der Waals surface area (Å²) in [6.45, 7) is 14.4. The number of allylic oxidation sites excluding steroid dienone is 4. The second-order valence-electron chi connectivity index (χ2n) is 5.69. The summed E-state index contributed by atoms with van der Waals surface area (Å²) in [5.41, 5.74) is 6.85. The maximum absolute atomic E-state index is 9.80. The molecule has 0 bridgehead atoms. The van der Waals surface area contributed by atoms with Gasteiger partial charge in [-0.3, -0.25) is 0 Å². The van der Waals surface area contributed by atoms with Crippen LogP contribution in [-0.2, 0) is 0 Å². The molecule has 0 radical (unpaired) electrons. The zero-order chi connectivity index (χ0) is 15.3. The zero-order valence-electron chi connectivity index (χ0n) is 13.4. The zero-order valence-corrected chi connectivity index (χ0v) is 13.4. The second-order valence-corrected chi connectivity index (χ2v) is 5.69. The van der Waals surface area contributed by atoms with Crippen molar-refractivity contribution in [2.75, 3.05) is 0 Å². The van der Waals surface area contributed by atoms with E-state index in [1.54, 1.807) is 0 Å².